The van der Waals surface area contributed by atoms with Gasteiger partial charge in [0.1, 0.15) is 0 Å². The van der Waals surface area contributed by atoms with Gasteiger partial charge in [-0.1, -0.05) is 6.07 Å². The molecule has 0 aromatic carbocycles. The molecule has 2 amide bonds. The fourth-order valence-electron chi connectivity index (χ4n) is 2.90. The number of rotatable bonds is 4. The SMILES string of the molecule is O=C(NCc1ccncc1)N1CCC([C@H](O)c2cccs2)CC1. The quantitative estimate of drug-likeness (QED) is 0.905. The number of carbonyl (C=O) groups is 1. The third kappa shape index (κ3) is 4.09. The number of nitrogens with zero attached hydrogens (tertiary/aromatic N) is 2. The van der Waals surface area contributed by atoms with Crippen molar-refractivity contribution >= 4 is 17.4 Å². The largest absolute Gasteiger partial charge is 0.387 e. The van der Waals surface area contributed by atoms with Crippen molar-refractivity contribution in [2.24, 2.45) is 5.92 Å². The molecular weight excluding hydrogens is 310 g/mol. The zero-order valence-corrected chi connectivity index (χ0v) is 13.7. The Hall–Kier alpha value is -1.92. The lowest BCUT2D eigenvalue weighted by Gasteiger charge is -2.34. The number of thiophene rings is 1. The van der Waals surface area contributed by atoms with Crippen LogP contribution in [0.15, 0.2) is 42.0 Å². The van der Waals surface area contributed by atoms with Crippen molar-refractivity contribution in [2.75, 3.05) is 13.1 Å². The van der Waals surface area contributed by atoms with Crippen LogP contribution in [0, 0.1) is 5.92 Å². The Kier molecular flexibility index (Phi) is 5.25. The molecule has 3 heterocycles. The second kappa shape index (κ2) is 7.57. The lowest BCUT2D eigenvalue weighted by Crippen LogP contribution is -2.44. The van der Waals surface area contributed by atoms with Crippen LogP contribution in [0.3, 0.4) is 0 Å². The maximum absolute atomic E-state index is 12.2. The number of nitrogens with one attached hydrogen (secondary N) is 1. The molecule has 1 atom stereocenters. The fraction of sp³-hybridized carbons (Fsp3) is 0.412. The number of pyridine rings is 1. The van der Waals surface area contributed by atoms with Crippen molar-refractivity contribution in [1.29, 1.82) is 0 Å². The third-order valence-electron chi connectivity index (χ3n) is 4.30. The monoisotopic (exact) mass is 331 g/mol. The summed E-state index contributed by atoms with van der Waals surface area (Å²) in [5, 5.41) is 15.3. The predicted octanol–water partition coefficient (Wildman–Crippen LogP) is 2.80. The molecule has 0 saturated carbocycles. The molecular formula is C17H21N3O2S. The van der Waals surface area contributed by atoms with E-state index in [9.17, 15) is 9.90 Å². The van der Waals surface area contributed by atoms with E-state index in [2.05, 4.69) is 10.3 Å². The Balaban J connectivity index is 1.46. The Labute approximate surface area is 140 Å². The average Bonchev–Trinajstić information content (AvgIpc) is 3.15. The topological polar surface area (TPSA) is 65.5 Å². The normalized spacial score (nSPS) is 17.0. The van der Waals surface area contributed by atoms with E-state index in [0.717, 1.165) is 23.3 Å². The van der Waals surface area contributed by atoms with Gasteiger partial charge in [-0.15, -0.1) is 11.3 Å². The highest BCUT2D eigenvalue weighted by Gasteiger charge is 2.28. The van der Waals surface area contributed by atoms with Crippen molar-refractivity contribution in [3.05, 3.63) is 52.5 Å². The first kappa shape index (κ1) is 16.0. The number of carbonyl (C=O) groups excluding carboxylic acids is 1. The van der Waals surface area contributed by atoms with Crippen LogP contribution >= 0.6 is 11.3 Å². The number of aromatic nitrogens is 1. The summed E-state index contributed by atoms with van der Waals surface area (Å²) in [5.41, 5.74) is 1.04. The Morgan fingerprint density at radius 2 is 2.09 bits per heavy atom. The van der Waals surface area contributed by atoms with Crippen molar-refractivity contribution in [3.63, 3.8) is 0 Å². The number of aliphatic hydroxyl groups is 1. The van der Waals surface area contributed by atoms with Crippen LogP contribution in [0.1, 0.15) is 29.4 Å². The van der Waals surface area contributed by atoms with Gasteiger partial charge in [-0.05, 0) is 47.9 Å². The van der Waals surface area contributed by atoms with E-state index in [0.29, 0.717) is 19.6 Å². The first-order valence-electron chi connectivity index (χ1n) is 7.87. The highest BCUT2D eigenvalue weighted by atomic mass is 32.1. The Morgan fingerprint density at radius 3 is 2.74 bits per heavy atom. The minimum Gasteiger partial charge on any atom is -0.387 e. The molecule has 2 N–H and O–H groups in total. The van der Waals surface area contributed by atoms with Crippen molar-refractivity contribution in [1.82, 2.24) is 15.2 Å². The highest BCUT2D eigenvalue weighted by Crippen LogP contribution is 2.32. The van der Waals surface area contributed by atoms with E-state index >= 15 is 0 Å². The van der Waals surface area contributed by atoms with Gasteiger partial charge >= 0.3 is 6.03 Å². The zero-order valence-electron chi connectivity index (χ0n) is 12.9. The van der Waals surface area contributed by atoms with Crippen LogP contribution in [-0.2, 0) is 6.54 Å². The van der Waals surface area contributed by atoms with Crippen LogP contribution in [-0.4, -0.2) is 34.1 Å². The van der Waals surface area contributed by atoms with E-state index < -0.39 is 6.10 Å². The van der Waals surface area contributed by atoms with Gasteiger partial charge in [-0.3, -0.25) is 4.98 Å². The average molecular weight is 331 g/mol. The van der Waals surface area contributed by atoms with Crippen LogP contribution in [0.2, 0.25) is 0 Å². The van der Waals surface area contributed by atoms with Crippen molar-refractivity contribution in [3.8, 4) is 0 Å². The number of hydrogen-bond acceptors (Lipinski definition) is 4. The molecule has 0 aliphatic carbocycles. The van der Waals surface area contributed by atoms with Gasteiger partial charge in [-0.25, -0.2) is 4.79 Å². The van der Waals surface area contributed by atoms with E-state index in [1.807, 2.05) is 34.5 Å². The summed E-state index contributed by atoms with van der Waals surface area (Å²) in [6, 6.07) is 7.69. The number of aliphatic hydroxyl groups excluding tert-OH is 1. The highest BCUT2D eigenvalue weighted by molar-refractivity contribution is 7.10. The summed E-state index contributed by atoms with van der Waals surface area (Å²) in [6.07, 6.45) is 4.71. The van der Waals surface area contributed by atoms with Crippen LogP contribution in [0.25, 0.3) is 0 Å². The molecule has 0 unspecified atom stereocenters. The molecule has 0 bridgehead atoms. The van der Waals surface area contributed by atoms with Gasteiger partial charge in [0.25, 0.3) is 0 Å². The molecule has 3 rings (SSSR count). The Bertz CT molecular complexity index is 610. The Morgan fingerprint density at radius 1 is 1.35 bits per heavy atom. The van der Waals surface area contributed by atoms with Crippen molar-refractivity contribution < 1.29 is 9.90 Å². The summed E-state index contributed by atoms with van der Waals surface area (Å²) in [4.78, 5) is 19.0. The lowest BCUT2D eigenvalue weighted by molar-refractivity contribution is 0.0689. The third-order valence-corrected chi connectivity index (χ3v) is 5.24. The zero-order chi connectivity index (χ0) is 16.1. The van der Waals surface area contributed by atoms with Gasteiger partial charge in [0.05, 0.1) is 6.10 Å². The second-order valence-corrected chi connectivity index (χ2v) is 6.78. The summed E-state index contributed by atoms with van der Waals surface area (Å²) in [5.74, 6) is 0.234. The standard InChI is InChI=1S/C17H21N3O2S/c21-16(15-2-1-11-23-15)14-5-9-20(10-6-14)17(22)19-12-13-3-7-18-8-4-13/h1-4,7-8,11,14,16,21H,5-6,9-10,12H2,(H,19,22)/t16-/m0/s1. The van der Waals surface area contributed by atoms with Gasteiger partial charge in [0.15, 0.2) is 0 Å². The number of hydrogen-bond donors (Lipinski definition) is 2. The first-order valence-corrected chi connectivity index (χ1v) is 8.75. The smallest absolute Gasteiger partial charge is 0.317 e. The molecule has 5 nitrogen and oxygen atoms in total. The molecule has 0 radical (unpaired) electrons. The summed E-state index contributed by atoms with van der Waals surface area (Å²) in [6.45, 7) is 1.89. The van der Waals surface area contributed by atoms with Crippen LogP contribution in [0.4, 0.5) is 4.79 Å². The maximum Gasteiger partial charge on any atom is 0.317 e. The van der Waals surface area contributed by atoms with Gasteiger partial charge in [0.2, 0.25) is 0 Å². The predicted molar refractivity (Wildman–Crippen MR) is 90.0 cm³/mol. The molecule has 2 aromatic heterocycles. The minimum absolute atomic E-state index is 0.0362. The van der Waals surface area contributed by atoms with Crippen LogP contribution < -0.4 is 5.32 Å². The first-order chi connectivity index (χ1) is 11.2. The second-order valence-electron chi connectivity index (χ2n) is 5.80. The van der Waals surface area contributed by atoms with Gasteiger partial charge < -0.3 is 15.3 Å². The summed E-state index contributed by atoms with van der Waals surface area (Å²) in [7, 11) is 0. The van der Waals surface area contributed by atoms with Gasteiger partial charge in [-0.2, -0.15) is 0 Å². The minimum atomic E-state index is -0.406. The number of urea groups is 1. The molecule has 23 heavy (non-hydrogen) atoms. The lowest BCUT2D eigenvalue weighted by atomic mass is 9.90. The molecule has 6 heteroatoms. The van der Waals surface area contributed by atoms with Crippen LogP contribution in [0.5, 0.6) is 0 Å². The molecule has 1 saturated heterocycles. The molecule has 1 fully saturated rings. The fourth-order valence-corrected chi connectivity index (χ4v) is 3.70. The number of likely N-dealkylation sites (tertiary alicyclic amines) is 1. The number of piperidine rings is 1. The van der Waals surface area contributed by atoms with E-state index in [1.54, 1.807) is 23.7 Å². The summed E-state index contributed by atoms with van der Waals surface area (Å²) < 4.78 is 0. The van der Waals surface area contributed by atoms with Gasteiger partial charge in [0, 0.05) is 36.9 Å². The maximum atomic E-state index is 12.2. The molecule has 122 valence electrons. The molecule has 0 spiro atoms. The number of amides is 2. The molecule has 1 aliphatic heterocycles. The van der Waals surface area contributed by atoms with E-state index in [-0.39, 0.29) is 11.9 Å². The molecule has 2 aromatic rings. The van der Waals surface area contributed by atoms with Crippen molar-refractivity contribution in [2.45, 2.75) is 25.5 Å². The summed E-state index contributed by atoms with van der Waals surface area (Å²) >= 11 is 1.59. The molecule has 1 aliphatic rings. The van der Waals surface area contributed by atoms with E-state index in [1.165, 1.54) is 0 Å². The van der Waals surface area contributed by atoms with E-state index in [4.69, 9.17) is 0 Å².